The summed E-state index contributed by atoms with van der Waals surface area (Å²) < 4.78 is 5.59. The van der Waals surface area contributed by atoms with Gasteiger partial charge in [-0.25, -0.2) is 4.79 Å². The fourth-order valence-corrected chi connectivity index (χ4v) is 1.93. The first-order valence-corrected chi connectivity index (χ1v) is 7.55. The van der Waals surface area contributed by atoms with E-state index >= 15 is 0 Å². The molecule has 23 heavy (non-hydrogen) atoms. The molecule has 0 saturated carbocycles. The largest absolute Gasteiger partial charge is 0.494 e. The van der Waals surface area contributed by atoms with Gasteiger partial charge in [-0.3, -0.25) is 5.43 Å². The first-order valence-electron chi connectivity index (χ1n) is 7.55. The average molecular weight is 312 g/mol. The third-order valence-electron chi connectivity index (χ3n) is 3.20. The Labute approximate surface area is 135 Å². The van der Waals surface area contributed by atoms with Crippen LogP contribution in [-0.4, -0.2) is 23.9 Å². The number of carbonyl (C=O) groups is 1. The summed E-state index contributed by atoms with van der Waals surface area (Å²) in [5.41, 5.74) is 4.29. The normalized spacial score (nSPS) is 10.7. The van der Waals surface area contributed by atoms with Crippen LogP contribution in [-0.2, 0) is 0 Å². The highest BCUT2D eigenvalue weighted by Gasteiger charge is 2.07. The summed E-state index contributed by atoms with van der Waals surface area (Å²) in [4.78, 5) is 11.1. The van der Waals surface area contributed by atoms with Crippen LogP contribution in [0.1, 0.15) is 35.7 Å². The number of benzene rings is 2. The zero-order valence-electron chi connectivity index (χ0n) is 13.0. The van der Waals surface area contributed by atoms with E-state index in [9.17, 15) is 4.79 Å². The number of carboxylic acid groups (broad SMARTS) is 1. The second kappa shape index (κ2) is 8.58. The maximum atomic E-state index is 11.1. The first kappa shape index (κ1) is 16.5. The van der Waals surface area contributed by atoms with E-state index in [1.807, 2.05) is 24.3 Å². The molecule has 2 rings (SSSR count). The van der Waals surface area contributed by atoms with Crippen LogP contribution in [0.4, 0.5) is 5.69 Å². The fourth-order valence-electron chi connectivity index (χ4n) is 1.93. The van der Waals surface area contributed by atoms with Crippen molar-refractivity contribution in [1.82, 2.24) is 0 Å². The number of hydrazone groups is 1. The van der Waals surface area contributed by atoms with Gasteiger partial charge in [0.1, 0.15) is 5.75 Å². The number of anilines is 1. The molecule has 0 aromatic heterocycles. The molecule has 5 heteroatoms. The number of hydrogen-bond donors (Lipinski definition) is 2. The number of para-hydroxylation sites is 1. The Hall–Kier alpha value is -2.82. The van der Waals surface area contributed by atoms with Crippen LogP contribution < -0.4 is 10.2 Å². The minimum absolute atomic E-state index is 0.185. The predicted octanol–water partition coefficient (Wildman–Crippen LogP) is 4.01. The topological polar surface area (TPSA) is 70.9 Å². The van der Waals surface area contributed by atoms with Crippen LogP contribution >= 0.6 is 0 Å². The maximum Gasteiger partial charge on any atom is 0.337 e. The molecule has 0 saturated heterocycles. The highest BCUT2D eigenvalue weighted by atomic mass is 16.5. The van der Waals surface area contributed by atoms with Gasteiger partial charge < -0.3 is 9.84 Å². The van der Waals surface area contributed by atoms with Gasteiger partial charge in [0, 0.05) is 0 Å². The van der Waals surface area contributed by atoms with Crippen LogP contribution in [0, 0.1) is 0 Å². The molecule has 0 amide bonds. The van der Waals surface area contributed by atoms with Crippen molar-refractivity contribution < 1.29 is 14.6 Å². The molecule has 0 heterocycles. The molecule has 120 valence electrons. The van der Waals surface area contributed by atoms with E-state index in [1.165, 1.54) is 6.07 Å². The fraction of sp³-hybridized carbons (Fsp3) is 0.222. The van der Waals surface area contributed by atoms with Gasteiger partial charge in [-0.2, -0.15) is 5.10 Å². The average Bonchev–Trinajstić information content (AvgIpc) is 2.57. The lowest BCUT2D eigenvalue weighted by Crippen LogP contribution is -2.02. The van der Waals surface area contributed by atoms with Gasteiger partial charge in [-0.15, -0.1) is 0 Å². The van der Waals surface area contributed by atoms with Crippen molar-refractivity contribution in [3.8, 4) is 5.75 Å². The minimum atomic E-state index is -0.989. The van der Waals surface area contributed by atoms with Gasteiger partial charge in [-0.05, 0) is 48.4 Å². The molecule has 2 N–H and O–H groups in total. The van der Waals surface area contributed by atoms with E-state index < -0.39 is 5.97 Å². The molecule has 0 atom stereocenters. The van der Waals surface area contributed by atoms with Crippen molar-refractivity contribution in [1.29, 1.82) is 0 Å². The lowest BCUT2D eigenvalue weighted by Gasteiger charge is -2.05. The second-order valence-corrected chi connectivity index (χ2v) is 4.99. The SMILES string of the molecule is CCCCOc1ccc(/C=N/Nc2ccccc2C(=O)O)cc1. The summed E-state index contributed by atoms with van der Waals surface area (Å²) in [5.74, 6) is -0.156. The number of hydrogen-bond acceptors (Lipinski definition) is 4. The Morgan fingerprint density at radius 1 is 1.22 bits per heavy atom. The zero-order chi connectivity index (χ0) is 16.5. The van der Waals surface area contributed by atoms with Crippen molar-refractivity contribution in [3.63, 3.8) is 0 Å². The van der Waals surface area contributed by atoms with Crippen molar-refractivity contribution >= 4 is 17.9 Å². The molecule has 0 aliphatic heterocycles. The first-order chi connectivity index (χ1) is 11.2. The summed E-state index contributed by atoms with van der Waals surface area (Å²) in [6.07, 6.45) is 3.78. The zero-order valence-corrected chi connectivity index (χ0v) is 13.0. The monoisotopic (exact) mass is 312 g/mol. The molecule has 0 spiro atoms. The molecule has 0 bridgehead atoms. The predicted molar refractivity (Wildman–Crippen MR) is 91.5 cm³/mol. The van der Waals surface area contributed by atoms with E-state index in [-0.39, 0.29) is 5.56 Å². The Morgan fingerprint density at radius 2 is 1.96 bits per heavy atom. The lowest BCUT2D eigenvalue weighted by molar-refractivity contribution is 0.0698. The lowest BCUT2D eigenvalue weighted by atomic mass is 10.2. The molecule has 0 unspecified atom stereocenters. The van der Waals surface area contributed by atoms with Crippen molar-refractivity contribution in [2.45, 2.75) is 19.8 Å². The molecular weight excluding hydrogens is 292 g/mol. The maximum absolute atomic E-state index is 11.1. The Balaban J connectivity index is 1.94. The molecule has 0 aliphatic carbocycles. The molecule has 5 nitrogen and oxygen atoms in total. The summed E-state index contributed by atoms with van der Waals surface area (Å²) in [5, 5.41) is 13.2. The quantitative estimate of drug-likeness (QED) is 0.439. The van der Waals surface area contributed by atoms with Gasteiger partial charge in [0.25, 0.3) is 0 Å². The Bertz CT molecular complexity index is 666. The van der Waals surface area contributed by atoms with Crippen LogP contribution in [0.25, 0.3) is 0 Å². The van der Waals surface area contributed by atoms with E-state index in [4.69, 9.17) is 9.84 Å². The highest BCUT2D eigenvalue weighted by Crippen LogP contribution is 2.15. The number of nitrogens with zero attached hydrogens (tertiary/aromatic N) is 1. The van der Waals surface area contributed by atoms with Crippen molar-refractivity contribution in [3.05, 3.63) is 59.7 Å². The van der Waals surface area contributed by atoms with Gasteiger partial charge in [0.05, 0.1) is 24.1 Å². The number of aromatic carboxylic acids is 1. The van der Waals surface area contributed by atoms with Crippen molar-refractivity contribution in [2.24, 2.45) is 5.10 Å². The van der Waals surface area contributed by atoms with Gasteiger partial charge in [-0.1, -0.05) is 25.5 Å². The van der Waals surface area contributed by atoms with E-state index in [0.717, 1.165) is 30.8 Å². The smallest absolute Gasteiger partial charge is 0.337 e. The number of rotatable bonds is 8. The third kappa shape index (κ3) is 5.14. The van der Waals surface area contributed by atoms with Crippen LogP contribution in [0.5, 0.6) is 5.75 Å². The standard InChI is InChI=1S/C18H20N2O3/c1-2-3-12-23-15-10-8-14(9-11-15)13-19-20-17-7-5-4-6-16(17)18(21)22/h4-11,13,20H,2-3,12H2,1H3,(H,21,22)/b19-13+. The number of ether oxygens (including phenoxy) is 1. The van der Waals surface area contributed by atoms with Gasteiger partial charge in [0.15, 0.2) is 0 Å². The van der Waals surface area contributed by atoms with E-state index in [2.05, 4.69) is 17.5 Å². The molecule has 0 fully saturated rings. The van der Waals surface area contributed by atoms with Crippen LogP contribution in [0.15, 0.2) is 53.6 Å². The molecule has 2 aromatic carbocycles. The summed E-state index contributed by atoms with van der Waals surface area (Å²) in [6.45, 7) is 2.84. The summed E-state index contributed by atoms with van der Waals surface area (Å²) >= 11 is 0. The van der Waals surface area contributed by atoms with Gasteiger partial charge >= 0.3 is 5.97 Å². The molecule has 2 aromatic rings. The molecular formula is C18H20N2O3. The highest BCUT2D eigenvalue weighted by molar-refractivity contribution is 5.94. The summed E-state index contributed by atoms with van der Waals surface area (Å²) in [7, 11) is 0. The number of unbranched alkanes of at least 4 members (excludes halogenated alkanes) is 1. The number of carboxylic acids is 1. The van der Waals surface area contributed by atoms with Gasteiger partial charge in [0.2, 0.25) is 0 Å². The molecule has 0 radical (unpaired) electrons. The Morgan fingerprint density at radius 3 is 2.65 bits per heavy atom. The summed E-state index contributed by atoms with van der Waals surface area (Å²) in [6, 6.07) is 14.2. The van der Waals surface area contributed by atoms with E-state index in [1.54, 1.807) is 24.4 Å². The number of nitrogens with one attached hydrogen (secondary N) is 1. The molecule has 0 aliphatic rings. The van der Waals surface area contributed by atoms with Crippen LogP contribution in [0.2, 0.25) is 0 Å². The second-order valence-electron chi connectivity index (χ2n) is 4.99. The van der Waals surface area contributed by atoms with Crippen LogP contribution in [0.3, 0.4) is 0 Å². The third-order valence-corrected chi connectivity index (χ3v) is 3.20. The van der Waals surface area contributed by atoms with Crippen molar-refractivity contribution in [2.75, 3.05) is 12.0 Å². The Kier molecular flexibility index (Phi) is 6.17. The van der Waals surface area contributed by atoms with E-state index in [0.29, 0.717) is 5.69 Å². The minimum Gasteiger partial charge on any atom is -0.494 e.